The van der Waals surface area contributed by atoms with E-state index < -0.39 is 16.8 Å². The van der Waals surface area contributed by atoms with Crippen molar-refractivity contribution in [3.05, 3.63) is 68.6 Å². The maximum absolute atomic E-state index is 12.0. The van der Waals surface area contributed by atoms with Crippen molar-refractivity contribution in [2.24, 2.45) is 0 Å². The van der Waals surface area contributed by atoms with E-state index in [4.69, 9.17) is 0 Å². The lowest BCUT2D eigenvalue weighted by molar-refractivity contribution is -0.385. The van der Waals surface area contributed by atoms with E-state index in [0.29, 0.717) is 5.56 Å². The molecule has 0 saturated carbocycles. The highest BCUT2D eigenvalue weighted by Gasteiger charge is 2.30. The average Bonchev–Trinajstić information content (AvgIpc) is 2.41. The average molecular weight is 314 g/mol. The van der Waals surface area contributed by atoms with Gasteiger partial charge < -0.3 is 9.30 Å². The van der Waals surface area contributed by atoms with Gasteiger partial charge in [0.25, 0.3) is 11.2 Å². The number of aromatic nitrogens is 1. The van der Waals surface area contributed by atoms with Gasteiger partial charge in [-0.1, -0.05) is 12.1 Å². The van der Waals surface area contributed by atoms with Crippen molar-refractivity contribution in [3.63, 3.8) is 0 Å². The summed E-state index contributed by atoms with van der Waals surface area (Å²) in [5, 5.41) is 10.7. The van der Waals surface area contributed by atoms with Gasteiger partial charge in [0.05, 0.1) is 17.7 Å². The lowest BCUT2D eigenvalue weighted by atomic mass is 10.2. The van der Waals surface area contributed by atoms with Gasteiger partial charge in [-0.2, -0.15) is 0 Å². The van der Waals surface area contributed by atoms with Crippen LogP contribution in [0.5, 0.6) is 5.75 Å². The van der Waals surface area contributed by atoms with Crippen molar-refractivity contribution >= 4 is 5.69 Å². The summed E-state index contributed by atoms with van der Waals surface area (Å²) >= 11 is 0. The Balaban J connectivity index is 2.19. The summed E-state index contributed by atoms with van der Waals surface area (Å²) in [5.74, 6) is -0.386. The van der Waals surface area contributed by atoms with Crippen molar-refractivity contribution in [1.29, 1.82) is 0 Å². The third kappa shape index (κ3) is 4.08. The molecule has 0 spiro atoms. The molecule has 0 bridgehead atoms. The topological polar surface area (TPSA) is 74.4 Å². The number of hydrogen-bond donors (Lipinski definition) is 0. The van der Waals surface area contributed by atoms with E-state index in [9.17, 15) is 28.1 Å². The van der Waals surface area contributed by atoms with Crippen molar-refractivity contribution in [1.82, 2.24) is 4.57 Å². The Morgan fingerprint density at radius 3 is 2.32 bits per heavy atom. The van der Waals surface area contributed by atoms with Gasteiger partial charge >= 0.3 is 6.36 Å². The first-order chi connectivity index (χ1) is 10.2. The quantitative estimate of drug-likeness (QED) is 0.642. The molecule has 2 rings (SSSR count). The molecule has 0 unspecified atom stereocenters. The Morgan fingerprint density at radius 2 is 1.77 bits per heavy atom. The second-order valence-electron chi connectivity index (χ2n) is 4.30. The summed E-state index contributed by atoms with van der Waals surface area (Å²) in [6.07, 6.45) is -3.71. The predicted molar refractivity (Wildman–Crippen MR) is 69.6 cm³/mol. The van der Waals surface area contributed by atoms with Crippen LogP contribution in [0.3, 0.4) is 0 Å². The summed E-state index contributed by atoms with van der Waals surface area (Å²) < 4.78 is 40.9. The molecule has 116 valence electrons. The fourth-order valence-electron chi connectivity index (χ4n) is 1.74. The Morgan fingerprint density at radius 1 is 1.14 bits per heavy atom. The summed E-state index contributed by atoms with van der Waals surface area (Å²) in [5.41, 5.74) is -0.213. The number of benzene rings is 1. The summed E-state index contributed by atoms with van der Waals surface area (Å²) in [4.78, 5) is 21.6. The van der Waals surface area contributed by atoms with Gasteiger partial charge in [-0.3, -0.25) is 14.9 Å². The Bertz CT molecular complexity index is 738. The molecule has 1 aromatic heterocycles. The van der Waals surface area contributed by atoms with E-state index in [-0.39, 0.29) is 18.0 Å². The van der Waals surface area contributed by atoms with E-state index in [1.54, 1.807) is 0 Å². The smallest absolute Gasteiger partial charge is 0.406 e. The van der Waals surface area contributed by atoms with Gasteiger partial charge in [-0.15, -0.1) is 13.2 Å². The van der Waals surface area contributed by atoms with Crippen LogP contribution in [0, 0.1) is 10.1 Å². The van der Waals surface area contributed by atoms with Gasteiger partial charge in [0.15, 0.2) is 0 Å². The molecule has 0 aliphatic heterocycles. The number of nitrogens with zero attached hydrogens (tertiary/aromatic N) is 2. The Kier molecular flexibility index (Phi) is 4.15. The lowest BCUT2D eigenvalue weighted by Crippen LogP contribution is -2.19. The molecular formula is C13H9F3N2O4. The molecule has 0 N–H and O–H groups in total. The van der Waals surface area contributed by atoms with Crippen LogP contribution in [0.4, 0.5) is 18.9 Å². The van der Waals surface area contributed by atoms with Crippen molar-refractivity contribution in [2.45, 2.75) is 12.9 Å². The Hall–Kier alpha value is -2.84. The van der Waals surface area contributed by atoms with Gasteiger partial charge in [0.1, 0.15) is 5.75 Å². The van der Waals surface area contributed by atoms with Crippen LogP contribution in [-0.4, -0.2) is 15.9 Å². The molecule has 1 heterocycles. The van der Waals surface area contributed by atoms with E-state index in [2.05, 4.69) is 4.74 Å². The molecule has 0 saturated heterocycles. The monoisotopic (exact) mass is 314 g/mol. The zero-order valence-electron chi connectivity index (χ0n) is 10.9. The summed E-state index contributed by atoms with van der Waals surface area (Å²) in [6.45, 7) is -0.00713. The zero-order chi connectivity index (χ0) is 16.3. The molecule has 0 fully saturated rings. The molecular weight excluding hydrogens is 305 g/mol. The minimum atomic E-state index is -4.78. The molecule has 0 aliphatic carbocycles. The highest BCUT2D eigenvalue weighted by molar-refractivity contribution is 5.29. The highest BCUT2D eigenvalue weighted by atomic mass is 19.4. The SMILES string of the molecule is O=c1ccc([N+](=O)[O-])cn1Cc1ccc(OC(F)(F)F)cc1. The molecule has 0 aliphatic rings. The summed E-state index contributed by atoms with van der Waals surface area (Å²) in [6, 6.07) is 7.02. The first kappa shape index (κ1) is 15.5. The highest BCUT2D eigenvalue weighted by Crippen LogP contribution is 2.22. The molecule has 2 aromatic rings. The van der Waals surface area contributed by atoms with Crippen LogP contribution in [0.2, 0.25) is 0 Å². The minimum absolute atomic E-state index is 0.00713. The van der Waals surface area contributed by atoms with E-state index >= 15 is 0 Å². The van der Waals surface area contributed by atoms with Crippen LogP contribution in [0.15, 0.2) is 47.4 Å². The largest absolute Gasteiger partial charge is 0.573 e. The van der Waals surface area contributed by atoms with E-state index in [0.717, 1.165) is 35.0 Å². The van der Waals surface area contributed by atoms with Crippen LogP contribution in [0.1, 0.15) is 5.56 Å². The molecule has 6 nitrogen and oxygen atoms in total. The predicted octanol–water partition coefficient (Wildman–Crippen LogP) is 2.70. The maximum Gasteiger partial charge on any atom is 0.573 e. The third-order valence-electron chi connectivity index (χ3n) is 2.69. The standard InChI is InChI=1S/C13H9F3N2O4/c14-13(15,16)22-11-4-1-9(2-5-11)7-17-8-10(18(20)21)3-6-12(17)19/h1-6,8H,7H2. The number of ether oxygens (including phenoxy) is 1. The molecule has 9 heteroatoms. The second kappa shape index (κ2) is 5.88. The maximum atomic E-state index is 12.0. The van der Waals surface area contributed by atoms with Crippen LogP contribution >= 0.6 is 0 Å². The number of alkyl halides is 3. The molecule has 22 heavy (non-hydrogen) atoms. The first-order valence-electron chi connectivity index (χ1n) is 5.94. The van der Waals surface area contributed by atoms with Crippen LogP contribution in [0.25, 0.3) is 0 Å². The third-order valence-corrected chi connectivity index (χ3v) is 2.69. The van der Waals surface area contributed by atoms with Gasteiger partial charge in [0, 0.05) is 12.1 Å². The normalized spacial score (nSPS) is 11.2. The van der Waals surface area contributed by atoms with Crippen LogP contribution < -0.4 is 10.3 Å². The first-order valence-corrected chi connectivity index (χ1v) is 5.94. The van der Waals surface area contributed by atoms with Crippen molar-refractivity contribution in [2.75, 3.05) is 0 Å². The fraction of sp³-hybridized carbons (Fsp3) is 0.154. The number of pyridine rings is 1. The Labute approximate surface area is 121 Å². The van der Waals surface area contributed by atoms with Gasteiger partial charge in [0.2, 0.25) is 0 Å². The molecule has 0 radical (unpaired) electrons. The van der Waals surface area contributed by atoms with Gasteiger partial charge in [-0.05, 0) is 17.7 Å². The van der Waals surface area contributed by atoms with Gasteiger partial charge in [-0.25, -0.2) is 0 Å². The lowest BCUT2D eigenvalue weighted by Gasteiger charge is -2.10. The molecule has 1 aromatic carbocycles. The molecule has 0 atom stereocenters. The number of hydrogen-bond acceptors (Lipinski definition) is 4. The van der Waals surface area contributed by atoms with Crippen molar-refractivity contribution < 1.29 is 22.8 Å². The number of nitro groups is 1. The number of halogens is 3. The number of rotatable bonds is 4. The molecule has 0 amide bonds. The zero-order valence-corrected chi connectivity index (χ0v) is 10.9. The van der Waals surface area contributed by atoms with Crippen molar-refractivity contribution in [3.8, 4) is 5.75 Å². The summed E-state index contributed by atoms with van der Waals surface area (Å²) in [7, 11) is 0. The fourth-order valence-corrected chi connectivity index (χ4v) is 1.74. The van der Waals surface area contributed by atoms with E-state index in [1.165, 1.54) is 12.1 Å². The second-order valence-corrected chi connectivity index (χ2v) is 4.30. The van der Waals surface area contributed by atoms with Crippen LogP contribution in [-0.2, 0) is 6.54 Å². The van der Waals surface area contributed by atoms with E-state index in [1.807, 2.05) is 0 Å². The minimum Gasteiger partial charge on any atom is -0.406 e.